The number of nitrogens with one attached hydrogen (secondary N) is 1. The molecule has 1 aliphatic carbocycles. The molecule has 3 heterocycles. The van der Waals surface area contributed by atoms with E-state index in [2.05, 4.69) is 11.2 Å². The van der Waals surface area contributed by atoms with Gasteiger partial charge in [0.25, 0.3) is 5.91 Å². The fourth-order valence-corrected chi connectivity index (χ4v) is 6.29. The zero-order chi connectivity index (χ0) is 34.7. The number of hydrogen-bond acceptors (Lipinski definition) is 19. The third-order valence-corrected chi connectivity index (χ3v) is 9.12. The van der Waals surface area contributed by atoms with E-state index in [9.17, 15) is 35.4 Å². The van der Waals surface area contributed by atoms with Crippen LogP contribution in [0, 0.1) is 18.3 Å². The van der Waals surface area contributed by atoms with Crippen LogP contribution >= 0.6 is 0 Å². The van der Waals surface area contributed by atoms with Crippen LogP contribution in [0.25, 0.3) is 0 Å². The van der Waals surface area contributed by atoms with Gasteiger partial charge >= 0.3 is 0 Å². The Labute approximate surface area is 270 Å². The van der Waals surface area contributed by atoms with E-state index in [1.807, 2.05) is 0 Å². The second-order valence-corrected chi connectivity index (χ2v) is 12.2. The molecular weight excluding hydrogens is 630 g/mol. The molecule has 3 saturated heterocycles. The lowest BCUT2D eigenvalue weighted by Crippen LogP contribution is -2.68. The molecule has 20 nitrogen and oxygen atoms in total. The van der Waals surface area contributed by atoms with Gasteiger partial charge in [0.15, 0.2) is 25.0 Å². The zero-order valence-electron chi connectivity index (χ0n) is 25.6. The third kappa shape index (κ3) is 7.88. The number of amides is 1. The second kappa shape index (κ2) is 16.3. The first-order valence-electron chi connectivity index (χ1n) is 15.4. The van der Waals surface area contributed by atoms with Gasteiger partial charge < -0.3 is 98.8 Å². The quantitative estimate of drug-likeness (QED) is 0.0901. The molecule has 0 aromatic rings. The normalized spacial score (nSPS) is 49.0. The van der Waals surface area contributed by atoms with E-state index >= 15 is 0 Å². The minimum atomic E-state index is -1.75. The van der Waals surface area contributed by atoms with E-state index in [0.717, 1.165) is 0 Å². The number of terminal acetylenes is 1. The maximum Gasteiger partial charge on any atom is 0.252 e. The van der Waals surface area contributed by atoms with Crippen LogP contribution in [0.4, 0.5) is 0 Å². The highest BCUT2D eigenvalue weighted by atomic mass is 16.8. The topological polar surface area (TPSA) is 362 Å². The van der Waals surface area contributed by atoms with Crippen molar-refractivity contribution in [1.29, 1.82) is 0 Å². The van der Waals surface area contributed by atoms with Gasteiger partial charge in [0, 0.05) is 31.1 Å². The van der Waals surface area contributed by atoms with Gasteiger partial charge in [0.2, 0.25) is 0 Å². The van der Waals surface area contributed by atoms with Crippen molar-refractivity contribution in [2.45, 2.75) is 117 Å². The van der Waals surface area contributed by atoms with Gasteiger partial charge in [-0.3, -0.25) is 4.79 Å². The molecule has 20 heteroatoms. The summed E-state index contributed by atoms with van der Waals surface area (Å²) in [5.74, 6) is 0.520. The highest BCUT2D eigenvalue weighted by molar-refractivity contribution is 5.82. The van der Waals surface area contributed by atoms with Crippen molar-refractivity contribution in [2.24, 2.45) is 40.3 Å². The van der Waals surface area contributed by atoms with Crippen LogP contribution in [-0.4, -0.2) is 173 Å². The van der Waals surface area contributed by atoms with Crippen LogP contribution in [0.3, 0.4) is 0 Å². The average Bonchev–Trinajstić information content (AvgIpc) is 3.35. The Morgan fingerprint density at radius 2 is 1.32 bits per heavy atom. The molecule has 0 bridgehead atoms. The van der Waals surface area contributed by atoms with Crippen LogP contribution in [0.5, 0.6) is 0 Å². The van der Waals surface area contributed by atoms with Crippen molar-refractivity contribution in [3.63, 3.8) is 0 Å². The molecule has 270 valence electrons. The van der Waals surface area contributed by atoms with E-state index in [0.29, 0.717) is 0 Å². The van der Waals surface area contributed by atoms with E-state index in [1.165, 1.54) is 0 Å². The summed E-state index contributed by atoms with van der Waals surface area (Å²) in [6.07, 6.45) is -14.2. The molecule has 4 fully saturated rings. The molecule has 1 saturated carbocycles. The van der Waals surface area contributed by atoms with Gasteiger partial charge in [-0.15, -0.1) is 6.42 Å². The zero-order valence-corrected chi connectivity index (χ0v) is 25.6. The molecule has 4 rings (SSSR count). The lowest BCUT2D eigenvalue weighted by atomic mass is 9.84. The minimum absolute atomic E-state index is 0.0488. The van der Waals surface area contributed by atoms with Gasteiger partial charge in [-0.25, -0.2) is 0 Å². The first kappa shape index (κ1) is 38.1. The summed E-state index contributed by atoms with van der Waals surface area (Å²) in [6, 6.07) is -4.22. The summed E-state index contributed by atoms with van der Waals surface area (Å²) in [5, 5.41) is 66.0. The van der Waals surface area contributed by atoms with Crippen molar-refractivity contribution in [3.05, 3.63) is 0 Å². The summed E-state index contributed by atoms with van der Waals surface area (Å²) in [6.45, 7) is -1.08. The standard InChI is InChI=1S/C27H49N7O13/c1-2-3-34-24(41)23-22(45-25-13(32)8(7-35)15(36)11(5-28)42-25)19(40)27(47-23)46-21-16(37)9(30)4-10(31)20(21)44-26-14(33)18(39)17(38)12(6-29)43-26/h1,8-23,25-27,35-40H,3-7,28-33H2,(H,34,41)/t8?,9-,10?,11?,12?,13?,14?,15+,16?,17-,18?,19?,20-,21?,22?,23+,25-,26-,27-/m1/s1. The molecule has 0 aromatic heterocycles. The Kier molecular flexibility index (Phi) is 13.3. The number of nitrogens with two attached hydrogens (primary N) is 6. The van der Waals surface area contributed by atoms with Crippen molar-refractivity contribution >= 4 is 5.91 Å². The molecular formula is C27H49N7O13. The Morgan fingerprint density at radius 1 is 0.745 bits per heavy atom. The minimum Gasteiger partial charge on any atom is -0.396 e. The van der Waals surface area contributed by atoms with E-state index < -0.39 is 129 Å². The van der Waals surface area contributed by atoms with Gasteiger partial charge in [0.05, 0.1) is 43.5 Å². The SMILES string of the molecule is C#CCNC(=O)[C@H]1O[C@@H](OC2C(O)[C@H](N)CC(N)[C@H]2O[C@H]2OC(CN)[C@@H](O)C(O)C2N)C(O)C1O[C@H]1OC(CN)[C@@H](O)C(CO)C1N. The van der Waals surface area contributed by atoms with E-state index in [1.54, 1.807) is 0 Å². The molecule has 3 aliphatic heterocycles. The maximum atomic E-state index is 13.1. The molecule has 47 heavy (non-hydrogen) atoms. The van der Waals surface area contributed by atoms with Gasteiger partial charge in [-0.05, 0) is 6.42 Å². The summed E-state index contributed by atoms with van der Waals surface area (Å²) in [7, 11) is 0. The Hall–Kier alpha value is -1.69. The van der Waals surface area contributed by atoms with Crippen LogP contribution in [0.15, 0.2) is 0 Å². The predicted molar refractivity (Wildman–Crippen MR) is 158 cm³/mol. The fraction of sp³-hybridized carbons (Fsp3) is 0.889. The summed E-state index contributed by atoms with van der Waals surface area (Å²) in [5.41, 5.74) is 36.2. The predicted octanol–water partition coefficient (Wildman–Crippen LogP) is -8.89. The van der Waals surface area contributed by atoms with E-state index in [4.69, 9.17) is 69.2 Å². The molecule has 19 atom stereocenters. The van der Waals surface area contributed by atoms with Crippen LogP contribution in [-0.2, 0) is 33.2 Å². The van der Waals surface area contributed by atoms with Gasteiger partial charge in [-0.1, -0.05) is 5.92 Å². The number of aliphatic hydroxyl groups excluding tert-OH is 6. The fourth-order valence-electron chi connectivity index (χ4n) is 6.29. The van der Waals surface area contributed by atoms with E-state index in [-0.39, 0.29) is 26.1 Å². The Morgan fingerprint density at radius 3 is 1.91 bits per heavy atom. The smallest absolute Gasteiger partial charge is 0.252 e. The number of carbonyl (C=O) groups excluding carboxylic acids is 1. The van der Waals surface area contributed by atoms with Crippen molar-refractivity contribution in [3.8, 4) is 12.3 Å². The molecule has 4 aliphatic rings. The summed E-state index contributed by atoms with van der Waals surface area (Å²) < 4.78 is 35.2. The van der Waals surface area contributed by atoms with Crippen LogP contribution in [0.1, 0.15) is 6.42 Å². The number of aliphatic hydroxyl groups is 6. The lowest BCUT2D eigenvalue weighted by molar-refractivity contribution is -0.306. The molecule has 19 N–H and O–H groups in total. The first-order chi connectivity index (χ1) is 22.3. The molecule has 0 aromatic carbocycles. The molecule has 11 unspecified atom stereocenters. The van der Waals surface area contributed by atoms with Crippen molar-refractivity contribution < 1.29 is 63.9 Å². The molecule has 0 spiro atoms. The van der Waals surface area contributed by atoms with Crippen LogP contribution in [0.2, 0.25) is 0 Å². The van der Waals surface area contributed by atoms with Gasteiger partial charge in [-0.2, -0.15) is 0 Å². The Balaban J connectivity index is 1.58. The second-order valence-electron chi connectivity index (χ2n) is 12.2. The highest BCUT2D eigenvalue weighted by Crippen LogP contribution is 2.35. The number of rotatable bonds is 11. The monoisotopic (exact) mass is 679 g/mol. The summed E-state index contributed by atoms with van der Waals surface area (Å²) in [4.78, 5) is 13.1. The average molecular weight is 680 g/mol. The van der Waals surface area contributed by atoms with Crippen molar-refractivity contribution in [2.75, 3.05) is 26.2 Å². The lowest BCUT2D eigenvalue weighted by Gasteiger charge is -2.47. The number of ether oxygens (including phenoxy) is 6. The summed E-state index contributed by atoms with van der Waals surface area (Å²) >= 11 is 0. The first-order valence-corrected chi connectivity index (χ1v) is 15.4. The third-order valence-electron chi connectivity index (χ3n) is 9.12. The number of carbonyl (C=O) groups is 1. The largest absolute Gasteiger partial charge is 0.396 e. The Bertz CT molecular complexity index is 1080. The van der Waals surface area contributed by atoms with Gasteiger partial charge in [0.1, 0.15) is 42.7 Å². The van der Waals surface area contributed by atoms with Crippen LogP contribution < -0.4 is 39.7 Å². The highest BCUT2D eigenvalue weighted by Gasteiger charge is 2.56. The molecule has 1 amide bonds. The maximum absolute atomic E-state index is 13.1. The molecule has 0 radical (unpaired) electrons. The van der Waals surface area contributed by atoms with Crippen molar-refractivity contribution in [1.82, 2.24) is 5.32 Å². The number of hydrogen-bond donors (Lipinski definition) is 13.